The van der Waals surface area contributed by atoms with Gasteiger partial charge in [0.2, 0.25) is 0 Å². The van der Waals surface area contributed by atoms with Crippen LogP contribution in [-0.4, -0.2) is 37.3 Å². The van der Waals surface area contributed by atoms with Crippen LogP contribution in [0, 0.1) is 5.92 Å². The molecule has 3 aromatic rings. The maximum absolute atomic E-state index is 12.6. The Hall–Kier alpha value is -2.34. The van der Waals surface area contributed by atoms with Crippen molar-refractivity contribution in [3.63, 3.8) is 0 Å². The number of fused-ring (bicyclic) bond motifs is 2. The predicted molar refractivity (Wildman–Crippen MR) is 96.5 cm³/mol. The smallest absolute Gasteiger partial charge is 0.345 e. The number of benzene rings is 1. The highest BCUT2D eigenvalue weighted by Crippen LogP contribution is 2.29. The highest BCUT2D eigenvalue weighted by molar-refractivity contribution is 5.79. The molecule has 6 nitrogen and oxygen atoms in total. The van der Waals surface area contributed by atoms with Crippen LogP contribution >= 0.6 is 0 Å². The molecule has 1 aliphatic carbocycles. The van der Waals surface area contributed by atoms with Crippen LogP contribution < -0.4 is 5.69 Å². The van der Waals surface area contributed by atoms with Gasteiger partial charge in [0.05, 0.1) is 0 Å². The Morgan fingerprint density at radius 1 is 1.16 bits per heavy atom. The summed E-state index contributed by atoms with van der Waals surface area (Å²) in [5.41, 5.74) is 2.57. The van der Waals surface area contributed by atoms with Gasteiger partial charge in [-0.05, 0) is 41.8 Å². The predicted octanol–water partition coefficient (Wildman–Crippen LogP) is 1.99. The van der Waals surface area contributed by atoms with Crippen LogP contribution in [0.15, 0.2) is 35.3 Å². The Balaban J connectivity index is 1.30. The van der Waals surface area contributed by atoms with E-state index >= 15 is 0 Å². The summed E-state index contributed by atoms with van der Waals surface area (Å²) in [6, 6.07) is 8.68. The topological polar surface area (TPSA) is 58.9 Å². The number of hydrogen-bond donors (Lipinski definition) is 1. The fourth-order valence-electron chi connectivity index (χ4n) is 3.78. The Morgan fingerprint density at radius 3 is 2.96 bits per heavy atom. The standard InChI is InChI=1S/C19H23N5O/c25-19-23-10-9-22(8-6-18(23)21-24(19)13-14-1-2-14)12-15-3-4-16-5-7-20-17(16)11-15/h3-5,7,11,14,20H,1-2,6,8-10,12-13H2. The van der Waals surface area contributed by atoms with Crippen molar-refractivity contribution in [3.8, 4) is 0 Å². The molecule has 130 valence electrons. The second-order valence-electron chi connectivity index (χ2n) is 7.40. The lowest BCUT2D eigenvalue weighted by Crippen LogP contribution is -2.30. The third-order valence-electron chi connectivity index (χ3n) is 5.44. The molecular formula is C19H23N5O. The number of aromatic nitrogens is 4. The van der Waals surface area contributed by atoms with Gasteiger partial charge < -0.3 is 4.98 Å². The van der Waals surface area contributed by atoms with Crippen molar-refractivity contribution in [1.82, 2.24) is 24.2 Å². The first-order chi connectivity index (χ1) is 12.3. The fourth-order valence-corrected chi connectivity index (χ4v) is 3.78. The van der Waals surface area contributed by atoms with E-state index in [1.807, 2.05) is 10.8 Å². The van der Waals surface area contributed by atoms with Gasteiger partial charge in [-0.15, -0.1) is 0 Å². The van der Waals surface area contributed by atoms with Crippen LogP contribution in [0.25, 0.3) is 10.9 Å². The summed E-state index contributed by atoms with van der Waals surface area (Å²) < 4.78 is 3.58. The highest BCUT2D eigenvalue weighted by atomic mass is 16.2. The second kappa shape index (κ2) is 5.88. The number of nitrogens with one attached hydrogen (secondary N) is 1. The monoisotopic (exact) mass is 337 g/mol. The van der Waals surface area contributed by atoms with Crippen LogP contribution in [0.3, 0.4) is 0 Å². The van der Waals surface area contributed by atoms with E-state index in [0.717, 1.165) is 45.0 Å². The number of hydrogen-bond acceptors (Lipinski definition) is 3. The average Bonchev–Trinajstić information content (AvgIpc) is 3.27. The first-order valence-electron chi connectivity index (χ1n) is 9.21. The molecule has 0 unspecified atom stereocenters. The molecule has 0 spiro atoms. The third kappa shape index (κ3) is 2.91. The third-order valence-corrected chi connectivity index (χ3v) is 5.44. The molecule has 5 rings (SSSR count). The molecule has 2 aromatic heterocycles. The summed E-state index contributed by atoms with van der Waals surface area (Å²) >= 11 is 0. The molecule has 0 atom stereocenters. The SMILES string of the molecule is O=c1n(CC2CC2)nc2n1CCN(Cc1ccc3cc[nH]c3c1)CC2. The lowest BCUT2D eigenvalue weighted by molar-refractivity contribution is 0.269. The Morgan fingerprint density at radius 2 is 2.08 bits per heavy atom. The van der Waals surface area contributed by atoms with Crippen LogP contribution in [-0.2, 0) is 26.1 Å². The minimum atomic E-state index is 0.0801. The van der Waals surface area contributed by atoms with E-state index in [1.165, 1.54) is 29.3 Å². The second-order valence-corrected chi connectivity index (χ2v) is 7.40. The van der Waals surface area contributed by atoms with Crippen LogP contribution in [0.1, 0.15) is 24.2 Å². The van der Waals surface area contributed by atoms with Gasteiger partial charge >= 0.3 is 5.69 Å². The van der Waals surface area contributed by atoms with Crippen molar-refractivity contribution in [3.05, 3.63) is 52.3 Å². The number of nitrogens with zero attached hydrogens (tertiary/aromatic N) is 4. The van der Waals surface area contributed by atoms with Gasteiger partial charge in [0.1, 0.15) is 5.82 Å². The van der Waals surface area contributed by atoms with Gasteiger partial charge in [-0.3, -0.25) is 9.47 Å². The Bertz CT molecular complexity index is 962. The summed E-state index contributed by atoms with van der Waals surface area (Å²) in [6.07, 6.45) is 5.31. The molecule has 2 aliphatic rings. The number of H-pyrrole nitrogens is 1. The quantitative estimate of drug-likeness (QED) is 0.792. The van der Waals surface area contributed by atoms with Gasteiger partial charge in [-0.25, -0.2) is 9.48 Å². The first kappa shape index (κ1) is 15.0. The maximum Gasteiger partial charge on any atom is 0.345 e. The van der Waals surface area contributed by atoms with Crippen molar-refractivity contribution in [2.75, 3.05) is 13.1 Å². The van der Waals surface area contributed by atoms with Gasteiger partial charge in [-0.2, -0.15) is 5.10 Å². The molecular weight excluding hydrogens is 314 g/mol. The Labute approximate surface area is 146 Å². The summed E-state index contributed by atoms with van der Waals surface area (Å²) in [6.45, 7) is 4.30. The normalized spacial score (nSPS) is 18.4. The summed E-state index contributed by atoms with van der Waals surface area (Å²) in [7, 11) is 0. The van der Waals surface area contributed by atoms with Gasteiger partial charge in [0.25, 0.3) is 0 Å². The summed E-state index contributed by atoms with van der Waals surface area (Å²) in [5, 5.41) is 5.85. The van der Waals surface area contributed by atoms with Crippen LogP contribution in [0.2, 0.25) is 0 Å². The zero-order chi connectivity index (χ0) is 16.8. The zero-order valence-corrected chi connectivity index (χ0v) is 14.3. The summed E-state index contributed by atoms with van der Waals surface area (Å²) in [4.78, 5) is 18.2. The van der Waals surface area contributed by atoms with E-state index in [-0.39, 0.29) is 5.69 Å². The van der Waals surface area contributed by atoms with Crippen LogP contribution in [0.4, 0.5) is 0 Å². The molecule has 1 aliphatic heterocycles. The van der Waals surface area contributed by atoms with Gasteiger partial charge in [0.15, 0.2) is 0 Å². The maximum atomic E-state index is 12.6. The van der Waals surface area contributed by atoms with Crippen molar-refractivity contribution in [2.45, 2.75) is 38.9 Å². The first-order valence-corrected chi connectivity index (χ1v) is 9.21. The lowest BCUT2D eigenvalue weighted by atomic mass is 10.1. The molecule has 25 heavy (non-hydrogen) atoms. The minimum absolute atomic E-state index is 0.0801. The largest absolute Gasteiger partial charge is 0.361 e. The molecule has 0 bridgehead atoms. The Kier molecular flexibility index (Phi) is 3.52. The van der Waals surface area contributed by atoms with E-state index < -0.39 is 0 Å². The van der Waals surface area contributed by atoms with Crippen molar-refractivity contribution in [1.29, 1.82) is 0 Å². The van der Waals surface area contributed by atoms with Crippen molar-refractivity contribution >= 4 is 10.9 Å². The molecule has 0 amide bonds. The van der Waals surface area contributed by atoms with E-state index in [9.17, 15) is 4.79 Å². The molecule has 0 radical (unpaired) electrons. The number of rotatable bonds is 4. The van der Waals surface area contributed by atoms with E-state index in [1.54, 1.807) is 4.68 Å². The fraction of sp³-hybridized carbons (Fsp3) is 0.474. The highest BCUT2D eigenvalue weighted by Gasteiger charge is 2.25. The van der Waals surface area contributed by atoms with E-state index in [2.05, 4.69) is 39.2 Å². The van der Waals surface area contributed by atoms with Crippen LogP contribution in [0.5, 0.6) is 0 Å². The van der Waals surface area contributed by atoms with Crippen molar-refractivity contribution in [2.24, 2.45) is 5.92 Å². The average molecular weight is 337 g/mol. The zero-order valence-electron chi connectivity index (χ0n) is 14.3. The molecule has 3 heterocycles. The minimum Gasteiger partial charge on any atom is -0.361 e. The molecule has 1 saturated carbocycles. The van der Waals surface area contributed by atoms with Gasteiger partial charge in [-0.1, -0.05) is 12.1 Å². The molecule has 6 heteroatoms. The summed E-state index contributed by atoms with van der Waals surface area (Å²) in [5.74, 6) is 1.63. The molecule has 1 fully saturated rings. The van der Waals surface area contributed by atoms with Crippen molar-refractivity contribution < 1.29 is 0 Å². The molecule has 1 aromatic carbocycles. The lowest BCUT2D eigenvalue weighted by Gasteiger charge is -2.19. The molecule has 0 saturated heterocycles. The number of aromatic amines is 1. The van der Waals surface area contributed by atoms with Gasteiger partial charge in [0, 0.05) is 50.9 Å². The van der Waals surface area contributed by atoms with E-state index in [4.69, 9.17) is 0 Å². The molecule has 1 N–H and O–H groups in total. The van der Waals surface area contributed by atoms with E-state index in [0.29, 0.717) is 5.92 Å².